The SMILES string of the molecule is CCN1CCN(c2ccc(Nc3nc(C)c4cc(C5CC=NN5)c(=O)n(C5CCOCC5)c4n3)cc2)CC1. The van der Waals surface area contributed by atoms with Crippen LogP contribution in [0.3, 0.4) is 0 Å². The maximum atomic E-state index is 13.8. The van der Waals surface area contributed by atoms with Gasteiger partial charge in [0, 0.05) is 80.4 Å². The third-order valence-electron chi connectivity index (χ3n) is 8.01. The molecule has 6 rings (SSSR count). The molecule has 38 heavy (non-hydrogen) atoms. The van der Waals surface area contributed by atoms with Crippen LogP contribution in [-0.2, 0) is 4.74 Å². The van der Waals surface area contributed by atoms with Crippen LogP contribution < -0.4 is 21.2 Å². The number of aromatic nitrogens is 3. The Labute approximate surface area is 222 Å². The molecule has 200 valence electrons. The quantitative estimate of drug-likeness (QED) is 0.515. The molecule has 2 fully saturated rings. The molecule has 0 saturated carbocycles. The lowest BCUT2D eigenvalue weighted by atomic mass is 10.0. The second kappa shape index (κ2) is 10.7. The Hall–Kier alpha value is -3.50. The number of nitrogens with zero attached hydrogens (tertiary/aromatic N) is 6. The van der Waals surface area contributed by atoms with E-state index in [-0.39, 0.29) is 17.6 Å². The molecule has 1 aromatic carbocycles. The molecule has 3 aromatic rings. The number of rotatable bonds is 6. The van der Waals surface area contributed by atoms with Crippen LogP contribution in [-0.4, -0.2) is 71.6 Å². The molecule has 2 aromatic heterocycles. The Bertz CT molecular complexity index is 1360. The van der Waals surface area contributed by atoms with Crippen molar-refractivity contribution in [3.8, 4) is 0 Å². The van der Waals surface area contributed by atoms with E-state index in [1.807, 2.05) is 23.8 Å². The number of aryl methyl sites for hydroxylation is 1. The zero-order valence-corrected chi connectivity index (χ0v) is 22.2. The molecule has 0 spiro atoms. The molecule has 2 N–H and O–H groups in total. The maximum absolute atomic E-state index is 13.8. The lowest BCUT2D eigenvalue weighted by Gasteiger charge is -2.35. The molecule has 10 heteroatoms. The predicted molar refractivity (Wildman–Crippen MR) is 151 cm³/mol. The number of fused-ring (bicyclic) bond motifs is 1. The van der Waals surface area contributed by atoms with Crippen molar-refractivity contribution in [2.45, 2.75) is 45.2 Å². The number of pyridine rings is 1. The van der Waals surface area contributed by atoms with Crippen LogP contribution in [0.1, 0.15) is 49.5 Å². The molecule has 10 nitrogen and oxygen atoms in total. The van der Waals surface area contributed by atoms with Gasteiger partial charge in [0.05, 0.1) is 11.7 Å². The van der Waals surface area contributed by atoms with Crippen LogP contribution in [0, 0.1) is 6.92 Å². The molecule has 0 amide bonds. The third-order valence-corrected chi connectivity index (χ3v) is 8.01. The highest BCUT2D eigenvalue weighted by atomic mass is 16.5. The lowest BCUT2D eigenvalue weighted by molar-refractivity contribution is 0.0696. The minimum atomic E-state index is -0.126. The first-order valence-corrected chi connectivity index (χ1v) is 13.7. The fourth-order valence-corrected chi connectivity index (χ4v) is 5.72. The van der Waals surface area contributed by atoms with Crippen molar-refractivity contribution in [1.29, 1.82) is 0 Å². The van der Waals surface area contributed by atoms with Gasteiger partial charge in [-0.1, -0.05) is 6.92 Å². The van der Waals surface area contributed by atoms with Crippen LogP contribution in [0.5, 0.6) is 0 Å². The maximum Gasteiger partial charge on any atom is 0.257 e. The number of ether oxygens (including phenoxy) is 1. The first kappa shape index (κ1) is 24.8. The number of hydrogen-bond acceptors (Lipinski definition) is 9. The second-order valence-electron chi connectivity index (χ2n) is 10.3. The van der Waals surface area contributed by atoms with E-state index in [4.69, 9.17) is 14.7 Å². The van der Waals surface area contributed by atoms with E-state index in [1.54, 1.807) is 0 Å². The molecule has 0 bridgehead atoms. The van der Waals surface area contributed by atoms with Gasteiger partial charge in [-0.3, -0.25) is 9.36 Å². The molecule has 3 aliphatic rings. The van der Waals surface area contributed by atoms with E-state index >= 15 is 0 Å². The highest BCUT2D eigenvalue weighted by Gasteiger charge is 2.26. The van der Waals surface area contributed by atoms with Crippen molar-refractivity contribution in [2.24, 2.45) is 5.10 Å². The van der Waals surface area contributed by atoms with E-state index in [9.17, 15) is 4.79 Å². The number of piperazine rings is 1. The number of hydrazone groups is 1. The van der Waals surface area contributed by atoms with Crippen molar-refractivity contribution >= 4 is 34.6 Å². The molecular formula is C28H36N8O2. The van der Waals surface area contributed by atoms with Gasteiger partial charge in [0.2, 0.25) is 5.95 Å². The molecule has 3 aliphatic heterocycles. The van der Waals surface area contributed by atoms with Crippen LogP contribution in [0.2, 0.25) is 0 Å². The Morgan fingerprint density at radius 3 is 2.53 bits per heavy atom. The first-order chi connectivity index (χ1) is 18.6. The van der Waals surface area contributed by atoms with Gasteiger partial charge in [-0.25, -0.2) is 4.98 Å². The Morgan fingerprint density at radius 1 is 1.08 bits per heavy atom. The van der Waals surface area contributed by atoms with Crippen molar-refractivity contribution in [3.05, 3.63) is 51.9 Å². The van der Waals surface area contributed by atoms with Crippen LogP contribution in [0.15, 0.2) is 40.2 Å². The third kappa shape index (κ3) is 4.86. The van der Waals surface area contributed by atoms with E-state index in [0.717, 1.165) is 62.3 Å². The van der Waals surface area contributed by atoms with Crippen molar-refractivity contribution in [1.82, 2.24) is 24.9 Å². The summed E-state index contributed by atoms with van der Waals surface area (Å²) >= 11 is 0. The zero-order chi connectivity index (χ0) is 26.1. The molecule has 0 aliphatic carbocycles. The predicted octanol–water partition coefficient (Wildman–Crippen LogP) is 3.36. The summed E-state index contributed by atoms with van der Waals surface area (Å²) in [7, 11) is 0. The molecule has 2 saturated heterocycles. The number of anilines is 3. The fraction of sp³-hybridized carbons (Fsp3) is 0.500. The van der Waals surface area contributed by atoms with Crippen LogP contribution >= 0.6 is 0 Å². The summed E-state index contributed by atoms with van der Waals surface area (Å²) in [5.41, 5.74) is 7.44. The number of nitrogens with one attached hydrogen (secondary N) is 2. The van der Waals surface area contributed by atoms with Crippen molar-refractivity contribution < 1.29 is 4.74 Å². The van der Waals surface area contributed by atoms with Gasteiger partial charge in [-0.2, -0.15) is 10.1 Å². The fourth-order valence-electron chi connectivity index (χ4n) is 5.72. The van der Waals surface area contributed by atoms with E-state index in [0.29, 0.717) is 36.8 Å². The highest BCUT2D eigenvalue weighted by Crippen LogP contribution is 2.29. The van der Waals surface area contributed by atoms with E-state index < -0.39 is 0 Å². The minimum Gasteiger partial charge on any atom is -0.381 e. The summed E-state index contributed by atoms with van der Waals surface area (Å²) in [5, 5.41) is 8.42. The van der Waals surface area contributed by atoms with Gasteiger partial charge in [0.1, 0.15) is 5.65 Å². The normalized spacial score (nSPS) is 20.7. The molecule has 1 unspecified atom stereocenters. The van der Waals surface area contributed by atoms with Crippen molar-refractivity contribution in [3.63, 3.8) is 0 Å². The lowest BCUT2D eigenvalue weighted by Crippen LogP contribution is -2.46. The zero-order valence-electron chi connectivity index (χ0n) is 22.2. The van der Waals surface area contributed by atoms with Gasteiger partial charge in [-0.05, 0) is 56.6 Å². The summed E-state index contributed by atoms with van der Waals surface area (Å²) in [6.07, 6.45) is 4.08. The average Bonchev–Trinajstić information content (AvgIpc) is 3.49. The monoisotopic (exact) mass is 516 g/mol. The smallest absolute Gasteiger partial charge is 0.257 e. The summed E-state index contributed by atoms with van der Waals surface area (Å²) in [5.74, 6) is 0.495. The molecular weight excluding hydrogens is 480 g/mol. The molecule has 1 atom stereocenters. The minimum absolute atomic E-state index is 0.0102. The first-order valence-electron chi connectivity index (χ1n) is 13.7. The topological polar surface area (TPSA) is 99.9 Å². The van der Waals surface area contributed by atoms with Gasteiger partial charge < -0.3 is 25.3 Å². The summed E-state index contributed by atoms with van der Waals surface area (Å²) < 4.78 is 7.48. The van der Waals surface area contributed by atoms with Crippen molar-refractivity contribution in [2.75, 3.05) is 56.2 Å². The van der Waals surface area contributed by atoms with Gasteiger partial charge >= 0.3 is 0 Å². The van der Waals surface area contributed by atoms with Gasteiger partial charge in [-0.15, -0.1) is 0 Å². The van der Waals surface area contributed by atoms with Crippen LogP contribution in [0.25, 0.3) is 11.0 Å². The van der Waals surface area contributed by atoms with Gasteiger partial charge in [0.15, 0.2) is 0 Å². The Kier molecular flexibility index (Phi) is 6.99. The standard InChI is InChI=1S/C28H36N8O2/c1-3-34-12-14-35(15-13-34)21-6-4-20(5-7-21)31-28-30-19(2)23-18-24(25-8-11-29-33-25)27(37)36(26(23)32-28)22-9-16-38-17-10-22/h4-7,11,18,22,25,33H,3,8-10,12-17H2,1-2H3,(H,30,31,32). The molecule has 0 radical (unpaired) electrons. The summed E-state index contributed by atoms with van der Waals surface area (Å²) in [6.45, 7) is 10.9. The number of hydrogen-bond donors (Lipinski definition) is 2. The highest BCUT2D eigenvalue weighted by molar-refractivity contribution is 5.80. The van der Waals surface area contributed by atoms with E-state index in [1.165, 1.54) is 5.69 Å². The Balaban J connectivity index is 1.31. The number of likely N-dealkylation sites (N-methyl/N-ethyl adjacent to an activating group) is 1. The second-order valence-corrected chi connectivity index (χ2v) is 10.3. The number of benzene rings is 1. The summed E-state index contributed by atoms with van der Waals surface area (Å²) in [4.78, 5) is 28.4. The van der Waals surface area contributed by atoms with Crippen LogP contribution in [0.4, 0.5) is 17.3 Å². The largest absolute Gasteiger partial charge is 0.381 e. The van der Waals surface area contributed by atoms with E-state index in [2.05, 4.69) is 56.8 Å². The average molecular weight is 517 g/mol. The molecule has 5 heterocycles. The summed E-state index contributed by atoms with van der Waals surface area (Å²) in [6, 6.07) is 10.3. The Morgan fingerprint density at radius 2 is 1.84 bits per heavy atom. The van der Waals surface area contributed by atoms with Gasteiger partial charge in [0.25, 0.3) is 5.56 Å².